The van der Waals surface area contributed by atoms with E-state index in [0.717, 1.165) is 0 Å². The molecule has 0 saturated heterocycles. The van der Waals surface area contributed by atoms with Gasteiger partial charge < -0.3 is 15.2 Å². The number of ether oxygens (including phenoxy) is 1. The van der Waals surface area contributed by atoms with Gasteiger partial charge in [0.25, 0.3) is 11.6 Å². The fourth-order valence-electron chi connectivity index (χ4n) is 2.55. The van der Waals surface area contributed by atoms with Gasteiger partial charge >= 0.3 is 5.97 Å². The van der Waals surface area contributed by atoms with Gasteiger partial charge in [0.15, 0.2) is 6.10 Å². The number of hydrogen-bond donors (Lipinski definition) is 2. The van der Waals surface area contributed by atoms with Crippen LogP contribution < -0.4 is 5.32 Å². The van der Waals surface area contributed by atoms with Gasteiger partial charge in [-0.25, -0.2) is 4.79 Å². The lowest BCUT2D eigenvalue weighted by molar-refractivity contribution is -0.385. The van der Waals surface area contributed by atoms with Crippen LogP contribution in [0, 0.1) is 10.1 Å². The van der Waals surface area contributed by atoms with E-state index in [1.165, 1.54) is 25.3 Å². The Bertz CT molecular complexity index is 793. The molecule has 0 fully saturated rings. The highest BCUT2D eigenvalue weighted by molar-refractivity contribution is 5.87. The SMILES string of the molecule is CO[C@@H](C(=O)N[C@@H](Cc1ccccc1[N+](=O)[O-])C(=O)O)c1ccccc1. The van der Waals surface area contributed by atoms with E-state index in [0.29, 0.717) is 5.56 Å². The number of para-hydroxylation sites is 1. The maximum absolute atomic E-state index is 12.5. The second kappa shape index (κ2) is 8.72. The van der Waals surface area contributed by atoms with Crippen LogP contribution in [-0.2, 0) is 20.7 Å². The number of aliphatic carboxylic acids is 1. The van der Waals surface area contributed by atoms with Crippen LogP contribution in [-0.4, -0.2) is 35.1 Å². The zero-order valence-corrected chi connectivity index (χ0v) is 14.0. The lowest BCUT2D eigenvalue weighted by Crippen LogP contribution is -2.44. The van der Waals surface area contributed by atoms with Crippen LogP contribution in [0.25, 0.3) is 0 Å². The molecule has 0 aliphatic carbocycles. The largest absolute Gasteiger partial charge is 0.480 e. The molecule has 0 radical (unpaired) electrons. The Hall–Kier alpha value is -3.26. The summed E-state index contributed by atoms with van der Waals surface area (Å²) in [5, 5.41) is 22.9. The van der Waals surface area contributed by atoms with E-state index < -0.39 is 28.9 Å². The summed E-state index contributed by atoms with van der Waals surface area (Å²) in [6, 6.07) is 13.1. The molecule has 0 saturated carbocycles. The van der Waals surface area contributed by atoms with Crippen molar-refractivity contribution in [3.63, 3.8) is 0 Å². The predicted octanol–water partition coefficient (Wildman–Crippen LogP) is 2.09. The van der Waals surface area contributed by atoms with Gasteiger partial charge in [-0.05, 0) is 5.56 Å². The number of hydrogen-bond acceptors (Lipinski definition) is 5. The summed E-state index contributed by atoms with van der Waals surface area (Å²) in [5.74, 6) is -1.93. The molecule has 2 aromatic carbocycles. The van der Waals surface area contributed by atoms with Gasteiger partial charge in [-0.1, -0.05) is 48.5 Å². The van der Waals surface area contributed by atoms with Gasteiger partial charge in [0, 0.05) is 25.2 Å². The molecule has 0 heterocycles. The van der Waals surface area contributed by atoms with Crippen molar-refractivity contribution in [1.82, 2.24) is 5.32 Å². The molecule has 0 bridgehead atoms. The highest BCUT2D eigenvalue weighted by Gasteiger charge is 2.28. The first-order valence-corrected chi connectivity index (χ1v) is 7.77. The van der Waals surface area contributed by atoms with Crippen molar-refractivity contribution in [3.8, 4) is 0 Å². The fraction of sp³-hybridized carbons (Fsp3) is 0.222. The van der Waals surface area contributed by atoms with Gasteiger partial charge in [0.1, 0.15) is 6.04 Å². The van der Waals surface area contributed by atoms with Crippen LogP contribution in [0.15, 0.2) is 54.6 Å². The molecule has 0 aliphatic rings. The lowest BCUT2D eigenvalue weighted by atomic mass is 10.0. The average Bonchev–Trinajstić information content (AvgIpc) is 2.63. The Morgan fingerprint density at radius 1 is 1.15 bits per heavy atom. The molecule has 0 aromatic heterocycles. The average molecular weight is 358 g/mol. The minimum absolute atomic E-state index is 0.195. The third-order valence-electron chi connectivity index (χ3n) is 3.80. The van der Waals surface area contributed by atoms with E-state index in [4.69, 9.17) is 4.74 Å². The zero-order valence-electron chi connectivity index (χ0n) is 14.0. The molecule has 0 spiro atoms. The van der Waals surface area contributed by atoms with Crippen molar-refractivity contribution < 1.29 is 24.4 Å². The van der Waals surface area contributed by atoms with Gasteiger partial charge in [-0.3, -0.25) is 14.9 Å². The number of carbonyl (C=O) groups is 2. The second-order valence-corrected chi connectivity index (χ2v) is 5.52. The summed E-state index contributed by atoms with van der Waals surface area (Å²) in [6.45, 7) is 0. The van der Waals surface area contributed by atoms with Gasteiger partial charge in [0.2, 0.25) is 0 Å². The third-order valence-corrected chi connectivity index (χ3v) is 3.80. The Morgan fingerprint density at radius 2 is 1.77 bits per heavy atom. The van der Waals surface area contributed by atoms with E-state index in [1.54, 1.807) is 36.4 Å². The van der Waals surface area contributed by atoms with E-state index in [1.807, 2.05) is 0 Å². The molecule has 2 aromatic rings. The number of carboxylic acid groups (broad SMARTS) is 1. The molecular weight excluding hydrogens is 340 g/mol. The van der Waals surface area contributed by atoms with E-state index in [9.17, 15) is 24.8 Å². The van der Waals surface area contributed by atoms with Gasteiger partial charge in [-0.15, -0.1) is 0 Å². The van der Waals surface area contributed by atoms with Crippen LogP contribution in [0.1, 0.15) is 17.2 Å². The highest BCUT2D eigenvalue weighted by Crippen LogP contribution is 2.21. The summed E-state index contributed by atoms with van der Waals surface area (Å²) in [6.07, 6.45) is -1.20. The number of nitro groups is 1. The van der Waals surface area contributed by atoms with Gasteiger partial charge in [0.05, 0.1) is 4.92 Å². The molecule has 2 N–H and O–H groups in total. The van der Waals surface area contributed by atoms with Crippen molar-refractivity contribution in [2.45, 2.75) is 18.6 Å². The predicted molar refractivity (Wildman–Crippen MR) is 92.6 cm³/mol. The van der Waals surface area contributed by atoms with Crippen LogP contribution >= 0.6 is 0 Å². The minimum Gasteiger partial charge on any atom is -0.480 e. The molecule has 136 valence electrons. The molecule has 2 rings (SSSR count). The van der Waals surface area contributed by atoms with Crippen LogP contribution in [0.3, 0.4) is 0 Å². The first kappa shape index (κ1) is 19.1. The van der Waals surface area contributed by atoms with Crippen LogP contribution in [0.2, 0.25) is 0 Å². The zero-order chi connectivity index (χ0) is 19.1. The van der Waals surface area contributed by atoms with Crippen LogP contribution in [0.5, 0.6) is 0 Å². The molecule has 1 amide bonds. The number of amides is 1. The number of nitrogens with one attached hydrogen (secondary N) is 1. The molecule has 0 aliphatic heterocycles. The monoisotopic (exact) mass is 358 g/mol. The van der Waals surface area contributed by atoms with Crippen molar-refractivity contribution >= 4 is 17.6 Å². The number of methoxy groups -OCH3 is 1. The Morgan fingerprint density at radius 3 is 2.35 bits per heavy atom. The smallest absolute Gasteiger partial charge is 0.326 e. The standard InChI is InChI=1S/C18H18N2O6/c1-26-16(12-7-3-2-4-8-12)17(21)19-14(18(22)23)11-13-9-5-6-10-15(13)20(24)25/h2-10,14,16H,11H2,1H3,(H,19,21)(H,22,23)/t14-,16+/m0/s1. The van der Waals surface area contributed by atoms with Crippen molar-refractivity contribution in [2.24, 2.45) is 0 Å². The molecular formula is C18H18N2O6. The summed E-state index contributed by atoms with van der Waals surface area (Å²) < 4.78 is 5.18. The maximum Gasteiger partial charge on any atom is 0.326 e. The minimum atomic E-state index is -1.33. The summed E-state index contributed by atoms with van der Waals surface area (Å²) in [5.41, 5.74) is 0.598. The maximum atomic E-state index is 12.5. The van der Waals surface area contributed by atoms with Crippen molar-refractivity contribution in [3.05, 3.63) is 75.8 Å². The van der Waals surface area contributed by atoms with Crippen LogP contribution in [0.4, 0.5) is 5.69 Å². The molecule has 8 nitrogen and oxygen atoms in total. The Labute approximate surface area is 149 Å². The molecule has 8 heteroatoms. The highest BCUT2D eigenvalue weighted by atomic mass is 16.6. The number of nitro benzene ring substituents is 1. The number of rotatable bonds is 8. The summed E-state index contributed by atoms with van der Waals surface area (Å²) >= 11 is 0. The quantitative estimate of drug-likeness (QED) is 0.551. The second-order valence-electron chi connectivity index (χ2n) is 5.52. The fourth-order valence-corrected chi connectivity index (χ4v) is 2.55. The number of benzene rings is 2. The molecule has 0 unspecified atom stereocenters. The first-order chi connectivity index (χ1) is 12.4. The van der Waals surface area contributed by atoms with E-state index in [2.05, 4.69) is 5.32 Å². The molecule has 26 heavy (non-hydrogen) atoms. The van der Waals surface area contributed by atoms with Crippen molar-refractivity contribution in [1.29, 1.82) is 0 Å². The number of nitrogens with zero attached hydrogens (tertiary/aromatic N) is 1. The third kappa shape index (κ3) is 4.64. The van der Waals surface area contributed by atoms with E-state index >= 15 is 0 Å². The normalized spacial score (nSPS) is 12.8. The first-order valence-electron chi connectivity index (χ1n) is 7.77. The topological polar surface area (TPSA) is 119 Å². The Kier molecular flexibility index (Phi) is 6.40. The molecule has 2 atom stereocenters. The van der Waals surface area contributed by atoms with Gasteiger partial charge in [-0.2, -0.15) is 0 Å². The van der Waals surface area contributed by atoms with E-state index in [-0.39, 0.29) is 17.7 Å². The Balaban J connectivity index is 2.19. The lowest BCUT2D eigenvalue weighted by Gasteiger charge is -2.20. The number of carboxylic acids is 1. The summed E-state index contributed by atoms with van der Waals surface area (Å²) in [4.78, 5) is 34.5. The van der Waals surface area contributed by atoms with Crippen molar-refractivity contribution in [2.75, 3.05) is 7.11 Å². The summed E-state index contributed by atoms with van der Waals surface area (Å²) in [7, 11) is 1.34. The number of carbonyl (C=O) groups excluding carboxylic acids is 1.